The lowest BCUT2D eigenvalue weighted by atomic mass is 10.2. The molecule has 0 aliphatic carbocycles. The first-order valence-electron chi connectivity index (χ1n) is 11.4. The van der Waals surface area contributed by atoms with Crippen molar-refractivity contribution in [3.63, 3.8) is 0 Å². The molecule has 1 aliphatic heterocycles. The van der Waals surface area contributed by atoms with Crippen LogP contribution >= 0.6 is 0 Å². The number of hydrogen-bond donors (Lipinski definition) is 2. The van der Waals surface area contributed by atoms with Crippen LogP contribution in [0.2, 0.25) is 0 Å². The first-order chi connectivity index (χ1) is 15.7. The van der Waals surface area contributed by atoms with Crippen molar-refractivity contribution in [2.45, 2.75) is 26.4 Å². The van der Waals surface area contributed by atoms with E-state index in [0.717, 1.165) is 64.1 Å². The van der Waals surface area contributed by atoms with E-state index in [9.17, 15) is 4.39 Å². The second-order valence-corrected chi connectivity index (χ2v) is 7.63. The van der Waals surface area contributed by atoms with Gasteiger partial charge in [-0.15, -0.1) is 0 Å². The highest BCUT2D eigenvalue weighted by molar-refractivity contribution is 5.79. The van der Waals surface area contributed by atoms with Crippen LogP contribution in [0, 0.1) is 5.82 Å². The normalized spacial score (nSPS) is 16.0. The lowest BCUT2D eigenvalue weighted by Gasteiger charge is -2.34. The Hall–Kier alpha value is -2.94. The molecule has 1 fully saturated rings. The van der Waals surface area contributed by atoms with Gasteiger partial charge in [0.1, 0.15) is 17.7 Å². The van der Waals surface area contributed by atoms with Crippen LogP contribution in [-0.2, 0) is 0 Å². The average Bonchev–Trinajstić information content (AvgIpc) is 2.82. The maximum absolute atomic E-state index is 13.4. The molecule has 1 atom stereocenters. The lowest BCUT2D eigenvalue weighted by Crippen LogP contribution is -2.49. The number of benzene rings is 1. The number of halogens is 1. The lowest BCUT2D eigenvalue weighted by molar-refractivity contribution is 0.205. The standard InChI is InChI=1S/C23H34FN7O/c1-3-20(32-21-8-5-7-19(24)17-21)18-29-22(25-4-2)26-11-12-30-13-15-31(16-14-30)23-27-9-6-10-28-23/h5-10,17,20H,3-4,11-16,18H2,1-2H3,(H2,25,26,29). The number of hydrogen-bond acceptors (Lipinski definition) is 6. The van der Waals surface area contributed by atoms with Crippen LogP contribution in [0.25, 0.3) is 0 Å². The molecule has 8 nitrogen and oxygen atoms in total. The molecule has 1 aromatic heterocycles. The van der Waals surface area contributed by atoms with Gasteiger partial charge >= 0.3 is 0 Å². The van der Waals surface area contributed by atoms with Gasteiger partial charge in [-0.25, -0.2) is 19.4 Å². The molecular formula is C23H34FN7O. The molecule has 0 bridgehead atoms. The first-order valence-corrected chi connectivity index (χ1v) is 11.4. The SMILES string of the molecule is CCNC(=NCC(CC)Oc1cccc(F)c1)NCCN1CCN(c2ncccn2)CC1. The number of aliphatic imine (C=N–C) groups is 1. The quantitative estimate of drug-likeness (QED) is 0.430. The molecule has 0 saturated carbocycles. The van der Waals surface area contributed by atoms with Crippen molar-refractivity contribution in [3.05, 3.63) is 48.5 Å². The predicted molar refractivity (Wildman–Crippen MR) is 126 cm³/mol. The summed E-state index contributed by atoms with van der Waals surface area (Å²) < 4.78 is 19.3. The van der Waals surface area contributed by atoms with Gasteiger partial charge in [0.05, 0.1) is 6.54 Å². The maximum Gasteiger partial charge on any atom is 0.225 e. The van der Waals surface area contributed by atoms with Gasteiger partial charge in [0.15, 0.2) is 5.96 Å². The maximum atomic E-state index is 13.4. The largest absolute Gasteiger partial charge is 0.488 e. The summed E-state index contributed by atoms with van der Waals surface area (Å²) in [7, 11) is 0. The zero-order valence-corrected chi connectivity index (χ0v) is 19.0. The fourth-order valence-corrected chi connectivity index (χ4v) is 3.48. The van der Waals surface area contributed by atoms with E-state index in [1.54, 1.807) is 24.5 Å². The molecule has 174 valence electrons. The third kappa shape index (κ3) is 7.64. The highest BCUT2D eigenvalue weighted by Gasteiger charge is 2.18. The van der Waals surface area contributed by atoms with E-state index in [0.29, 0.717) is 12.3 Å². The van der Waals surface area contributed by atoms with E-state index in [4.69, 9.17) is 4.74 Å². The van der Waals surface area contributed by atoms with Gasteiger partial charge in [-0.05, 0) is 31.5 Å². The van der Waals surface area contributed by atoms with Crippen molar-refractivity contribution < 1.29 is 9.13 Å². The molecule has 9 heteroatoms. The van der Waals surface area contributed by atoms with Crippen LogP contribution in [0.3, 0.4) is 0 Å². The van der Waals surface area contributed by atoms with E-state index in [2.05, 4.69) is 35.4 Å². The van der Waals surface area contributed by atoms with Crippen LogP contribution in [0.1, 0.15) is 20.3 Å². The molecule has 0 radical (unpaired) electrons. The zero-order chi connectivity index (χ0) is 22.6. The van der Waals surface area contributed by atoms with Crippen molar-refractivity contribution in [3.8, 4) is 5.75 Å². The second-order valence-electron chi connectivity index (χ2n) is 7.63. The van der Waals surface area contributed by atoms with E-state index >= 15 is 0 Å². The Bertz CT molecular complexity index is 828. The van der Waals surface area contributed by atoms with Gasteiger partial charge in [0, 0.05) is 64.3 Å². The Kier molecular flexibility index (Phi) is 9.49. The number of nitrogens with zero attached hydrogens (tertiary/aromatic N) is 5. The van der Waals surface area contributed by atoms with Gasteiger partial charge in [-0.2, -0.15) is 0 Å². The Balaban J connectivity index is 1.42. The Morgan fingerprint density at radius 3 is 2.59 bits per heavy atom. The summed E-state index contributed by atoms with van der Waals surface area (Å²) >= 11 is 0. The number of nitrogens with one attached hydrogen (secondary N) is 2. The number of guanidine groups is 1. The first kappa shape index (κ1) is 23.7. The van der Waals surface area contributed by atoms with E-state index in [1.165, 1.54) is 12.1 Å². The van der Waals surface area contributed by atoms with E-state index in [1.807, 2.05) is 19.9 Å². The van der Waals surface area contributed by atoms with Gasteiger partial charge in [-0.1, -0.05) is 13.0 Å². The van der Waals surface area contributed by atoms with Crippen LogP contribution in [0.4, 0.5) is 10.3 Å². The Morgan fingerprint density at radius 2 is 1.91 bits per heavy atom. The monoisotopic (exact) mass is 443 g/mol. The minimum absolute atomic E-state index is 0.111. The predicted octanol–water partition coefficient (Wildman–Crippen LogP) is 2.15. The Morgan fingerprint density at radius 1 is 1.12 bits per heavy atom. The fourth-order valence-electron chi connectivity index (χ4n) is 3.48. The molecule has 3 rings (SSSR count). The molecule has 1 saturated heterocycles. The number of anilines is 1. The molecule has 32 heavy (non-hydrogen) atoms. The van der Waals surface area contributed by atoms with Gasteiger partial charge in [-0.3, -0.25) is 4.90 Å². The fraction of sp³-hybridized carbons (Fsp3) is 0.522. The molecule has 2 aromatic rings. The van der Waals surface area contributed by atoms with Crippen LogP contribution in [0.15, 0.2) is 47.7 Å². The van der Waals surface area contributed by atoms with Crippen LogP contribution < -0.4 is 20.3 Å². The van der Waals surface area contributed by atoms with Crippen LogP contribution in [0.5, 0.6) is 5.75 Å². The molecule has 1 aliphatic rings. The van der Waals surface area contributed by atoms with Gasteiger partial charge in [0.25, 0.3) is 0 Å². The summed E-state index contributed by atoms with van der Waals surface area (Å²) in [6.07, 6.45) is 4.24. The Labute approximate surface area is 189 Å². The van der Waals surface area contributed by atoms with E-state index in [-0.39, 0.29) is 11.9 Å². The topological polar surface area (TPSA) is 77.9 Å². The van der Waals surface area contributed by atoms with Crippen molar-refractivity contribution in [1.82, 2.24) is 25.5 Å². The number of rotatable bonds is 10. The molecule has 0 amide bonds. The summed E-state index contributed by atoms with van der Waals surface area (Å²) in [5.74, 6) is 1.81. The summed E-state index contributed by atoms with van der Waals surface area (Å²) in [5.41, 5.74) is 0. The minimum atomic E-state index is -0.298. The summed E-state index contributed by atoms with van der Waals surface area (Å²) in [6, 6.07) is 8.07. The van der Waals surface area contributed by atoms with Crippen molar-refractivity contribution in [1.29, 1.82) is 0 Å². The third-order valence-corrected chi connectivity index (χ3v) is 5.28. The molecule has 1 aromatic carbocycles. The van der Waals surface area contributed by atoms with Gasteiger partial charge < -0.3 is 20.3 Å². The molecular weight excluding hydrogens is 409 g/mol. The van der Waals surface area contributed by atoms with Crippen molar-refractivity contribution in [2.75, 3.05) is 57.3 Å². The van der Waals surface area contributed by atoms with Crippen molar-refractivity contribution in [2.24, 2.45) is 4.99 Å². The molecule has 2 heterocycles. The highest BCUT2D eigenvalue weighted by Crippen LogP contribution is 2.15. The molecule has 2 N–H and O–H groups in total. The number of ether oxygens (including phenoxy) is 1. The smallest absolute Gasteiger partial charge is 0.225 e. The summed E-state index contributed by atoms with van der Waals surface area (Å²) in [5, 5.41) is 6.69. The minimum Gasteiger partial charge on any atom is -0.488 e. The van der Waals surface area contributed by atoms with Gasteiger partial charge in [0.2, 0.25) is 5.95 Å². The molecule has 0 spiro atoms. The van der Waals surface area contributed by atoms with E-state index < -0.39 is 0 Å². The van der Waals surface area contributed by atoms with Crippen LogP contribution in [-0.4, -0.2) is 79.3 Å². The van der Waals surface area contributed by atoms with Crippen molar-refractivity contribution >= 4 is 11.9 Å². The summed E-state index contributed by atoms with van der Waals surface area (Å²) in [4.78, 5) is 18.0. The highest BCUT2D eigenvalue weighted by atomic mass is 19.1. The molecule has 1 unspecified atom stereocenters. The average molecular weight is 444 g/mol. The summed E-state index contributed by atoms with van der Waals surface area (Å²) in [6.45, 7) is 10.9. The zero-order valence-electron chi connectivity index (χ0n) is 19.0. The number of aromatic nitrogens is 2. The third-order valence-electron chi connectivity index (χ3n) is 5.28. The second kappa shape index (κ2) is 12.8. The number of piperazine rings is 1.